The van der Waals surface area contributed by atoms with E-state index in [1.54, 1.807) is 94.4 Å². The Hall–Kier alpha value is -7.17. The van der Waals surface area contributed by atoms with E-state index in [0.717, 1.165) is 11.1 Å². The second-order valence-corrected chi connectivity index (χ2v) is 17.8. The number of halogens is 3. The molecule has 0 aliphatic carbocycles. The number of hydrazine groups is 1. The van der Waals surface area contributed by atoms with Crippen molar-refractivity contribution >= 4 is 47.3 Å². The number of nitrogens with two attached hydrogens (primary N) is 1. The van der Waals surface area contributed by atoms with E-state index in [2.05, 4.69) is 21.4 Å². The highest BCUT2D eigenvalue weighted by atomic mass is 35.5. The average Bonchev–Trinajstić information content (AvgIpc) is 3.34. The van der Waals surface area contributed by atoms with Crippen LogP contribution in [0.3, 0.4) is 0 Å². The number of hydrogen-bond donors (Lipinski definition) is 5. The molecule has 0 aliphatic rings. The zero-order valence-corrected chi connectivity index (χ0v) is 40.2. The molecule has 0 radical (unpaired) electrons. The predicted octanol–water partition coefficient (Wildman–Crippen LogP) is 6.93. The maximum Gasteiger partial charge on any atom is 0.408 e. The van der Waals surface area contributed by atoms with Gasteiger partial charge in [0.05, 0.1) is 18.2 Å². The highest BCUT2D eigenvalue weighted by Gasteiger charge is 2.36. The van der Waals surface area contributed by atoms with Crippen LogP contribution >= 0.6 is 11.6 Å². The van der Waals surface area contributed by atoms with Crippen LogP contribution in [0.5, 0.6) is 0 Å². The van der Waals surface area contributed by atoms with Crippen LogP contribution in [0.1, 0.15) is 65.9 Å². The minimum Gasteiger partial charge on any atom is -0.455 e. The molecule has 3 unspecified atom stereocenters. The fourth-order valence-electron chi connectivity index (χ4n) is 7.39. The highest BCUT2D eigenvalue weighted by molar-refractivity contribution is 6.17. The number of ether oxygens (including phenoxy) is 2. The lowest BCUT2D eigenvalue weighted by Crippen LogP contribution is -2.60. The Bertz CT molecular complexity index is 2500. The smallest absolute Gasteiger partial charge is 0.408 e. The molecule has 0 aromatic heterocycles. The number of primary amides is 1. The average molecular weight is 982 g/mol. The molecule has 0 saturated heterocycles. The van der Waals surface area contributed by atoms with Gasteiger partial charge in [0.15, 0.2) is 0 Å². The standard InChI is InChI=1S/C53H59ClF2N6O8/c1-33(2)46(60-53(68)69-32-39-13-9-6-10-14-39)50(65)58-44(28-36-17-23-41(55)24-18-36)45(70-52(67)40-21-15-37(29-54)16-22-40)31-62(30-38-19-25-42(56)26-20-38)61-51(66)47(34(3)4)59-49(64)43(48(57)63)27-35-11-7-5-8-12-35/h5-26,33-34,43-47H,27-32H2,1-4H3,(H2,57,63)(H,58,65)(H,59,64)(H,60,68)(H,61,66)/t43?,44?,45?,46-,47-/m0/s1. The number of hydrogen-bond acceptors (Lipinski definition) is 9. The quantitative estimate of drug-likeness (QED) is 0.0189. The number of carbonyl (C=O) groups is 6. The number of carbonyl (C=O) groups excluding carboxylic acids is 6. The van der Waals surface area contributed by atoms with E-state index in [9.17, 15) is 37.5 Å². The van der Waals surface area contributed by atoms with Crippen molar-refractivity contribution in [1.29, 1.82) is 0 Å². The summed E-state index contributed by atoms with van der Waals surface area (Å²) in [5, 5.41) is 9.71. The second-order valence-electron chi connectivity index (χ2n) is 17.5. The van der Waals surface area contributed by atoms with Crippen molar-refractivity contribution in [2.75, 3.05) is 6.54 Å². The van der Waals surface area contributed by atoms with Crippen LogP contribution in [0.15, 0.2) is 133 Å². The summed E-state index contributed by atoms with van der Waals surface area (Å²) in [4.78, 5) is 82.6. The molecule has 6 N–H and O–H groups in total. The van der Waals surface area contributed by atoms with E-state index in [0.29, 0.717) is 16.7 Å². The molecule has 0 heterocycles. The van der Waals surface area contributed by atoms with Gasteiger partial charge in [0.2, 0.25) is 17.7 Å². The first-order chi connectivity index (χ1) is 33.5. The van der Waals surface area contributed by atoms with Gasteiger partial charge in [-0.2, -0.15) is 0 Å². The molecule has 17 heteroatoms. The van der Waals surface area contributed by atoms with Gasteiger partial charge in [0, 0.05) is 12.4 Å². The molecule has 5 aromatic rings. The predicted molar refractivity (Wildman–Crippen MR) is 260 cm³/mol. The molecule has 5 aromatic carbocycles. The van der Waals surface area contributed by atoms with Crippen LogP contribution in [0.2, 0.25) is 0 Å². The van der Waals surface area contributed by atoms with Crippen molar-refractivity contribution < 1.29 is 47.0 Å². The van der Waals surface area contributed by atoms with Crippen molar-refractivity contribution in [2.24, 2.45) is 23.5 Å². The fourth-order valence-corrected chi connectivity index (χ4v) is 7.57. The minimum atomic E-state index is -1.34. The number of alkyl carbamates (subject to hydrolysis) is 1. The summed E-state index contributed by atoms with van der Waals surface area (Å²) in [5.41, 5.74) is 11.8. The first-order valence-corrected chi connectivity index (χ1v) is 23.3. The van der Waals surface area contributed by atoms with Crippen LogP contribution in [-0.2, 0) is 60.5 Å². The summed E-state index contributed by atoms with van der Waals surface area (Å²) in [5.74, 6) is -7.10. The van der Waals surface area contributed by atoms with Crippen LogP contribution in [0.4, 0.5) is 13.6 Å². The van der Waals surface area contributed by atoms with Gasteiger partial charge in [-0.05, 0) is 88.9 Å². The van der Waals surface area contributed by atoms with E-state index in [4.69, 9.17) is 26.8 Å². The largest absolute Gasteiger partial charge is 0.455 e. The number of nitrogens with one attached hydrogen (secondary N) is 4. The third-order valence-electron chi connectivity index (χ3n) is 11.3. The van der Waals surface area contributed by atoms with Crippen molar-refractivity contribution in [2.45, 2.75) is 83.8 Å². The van der Waals surface area contributed by atoms with E-state index in [-0.39, 0.29) is 44.0 Å². The maximum absolute atomic E-state index is 14.5. The Morgan fingerprint density at radius 1 is 0.600 bits per heavy atom. The lowest BCUT2D eigenvalue weighted by Gasteiger charge is -2.35. The Balaban J connectivity index is 1.52. The highest BCUT2D eigenvalue weighted by Crippen LogP contribution is 2.19. The Labute approximate surface area is 411 Å². The molecule has 5 amide bonds. The molecule has 70 heavy (non-hydrogen) atoms. The van der Waals surface area contributed by atoms with Gasteiger partial charge in [-0.1, -0.05) is 125 Å². The molecule has 370 valence electrons. The van der Waals surface area contributed by atoms with Gasteiger partial charge in [-0.3, -0.25) is 24.6 Å². The molecule has 0 aliphatic heterocycles. The van der Waals surface area contributed by atoms with Crippen molar-refractivity contribution in [3.63, 3.8) is 0 Å². The van der Waals surface area contributed by atoms with Crippen LogP contribution in [-0.4, -0.2) is 71.5 Å². The van der Waals surface area contributed by atoms with E-state index >= 15 is 0 Å². The number of amides is 5. The van der Waals surface area contributed by atoms with Crippen molar-refractivity contribution in [3.8, 4) is 0 Å². The van der Waals surface area contributed by atoms with E-state index < -0.39 is 89.3 Å². The Kier molecular flexibility index (Phi) is 20.4. The van der Waals surface area contributed by atoms with E-state index in [1.165, 1.54) is 65.7 Å². The van der Waals surface area contributed by atoms with Crippen molar-refractivity contribution in [3.05, 3.63) is 178 Å². The number of benzene rings is 5. The molecule has 5 atom stereocenters. The van der Waals surface area contributed by atoms with Gasteiger partial charge in [-0.15, -0.1) is 11.6 Å². The fraction of sp³-hybridized carbons (Fsp3) is 0.321. The maximum atomic E-state index is 14.5. The summed E-state index contributed by atoms with van der Waals surface area (Å²) in [7, 11) is 0. The minimum absolute atomic E-state index is 0.0179. The number of rotatable bonds is 24. The van der Waals surface area contributed by atoms with Gasteiger partial charge >= 0.3 is 12.1 Å². The molecule has 5 rings (SSSR count). The van der Waals surface area contributed by atoms with Gasteiger partial charge in [-0.25, -0.2) is 23.4 Å². The molecule has 14 nitrogen and oxygen atoms in total. The molecule has 0 spiro atoms. The van der Waals surface area contributed by atoms with Crippen LogP contribution in [0, 0.1) is 29.4 Å². The van der Waals surface area contributed by atoms with Gasteiger partial charge < -0.3 is 31.2 Å². The van der Waals surface area contributed by atoms with Crippen molar-refractivity contribution in [1.82, 2.24) is 26.4 Å². The van der Waals surface area contributed by atoms with E-state index in [1.807, 2.05) is 6.07 Å². The summed E-state index contributed by atoms with van der Waals surface area (Å²) in [6, 6.07) is 31.5. The molecule has 0 fully saturated rings. The molecular formula is C53H59ClF2N6O8. The zero-order valence-electron chi connectivity index (χ0n) is 39.4. The van der Waals surface area contributed by atoms with Gasteiger partial charge in [0.25, 0.3) is 5.91 Å². The number of alkyl halides is 1. The topological polar surface area (TPSA) is 198 Å². The second kappa shape index (κ2) is 26.5. The lowest BCUT2D eigenvalue weighted by atomic mass is 9.96. The third-order valence-corrected chi connectivity index (χ3v) is 11.6. The first kappa shape index (κ1) is 53.8. The Morgan fingerprint density at radius 3 is 1.66 bits per heavy atom. The summed E-state index contributed by atoms with van der Waals surface area (Å²) in [6.07, 6.45) is -2.28. The van der Waals surface area contributed by atoms with Gasteiger partial charge in [0.1, 0.15) is 42.3 Å². The summed E-state index contributed by atoms with van der Waals surface area (Å²) < 4.78 is 40.2. The normalized spacial score (nSPS) is 13.3. The number of esters is 1. The third kappa shape index (κ3) is 16.8. The monoisotopic (exact) mass is 980 g/mol. The Morgan fingerprint density at radius 2 is 1.11 bits per heavy atom. The molecular weight excluding hydrogens is 922 g/mol. The first-order valence-electron chi connectivity index (χ1n) is 22.8. The SMILES string of the molecule is CC(C)[C@H](NC(=O)OCc1ccccc1)C(=O)NC(Cc1ccc(F)cc1)C(CN(Cc1ccc(F)cc1)NC(=O)[C@@H](NC(=O)C(Cc1ccccc1)C(N)=O)C(C)C)OC(=O)c1ccc(CCl)cc1. The molecule has 0 bridgehead atoms. The lowest BCUT2D eigenvalue weighted by molar-refractivity contribution is -0.139. The van der Waals surface area contributed by atoms with Crippen LogP contribution in [0.25, 0.3) is 0 Å². The van der Waals surface area contributed by atoms with Crippen LogP contribution < -0.4 is 27.1 Å². The number of nitrogens with zero attached hydrogens (tertiary/aromatic N) is 1. The molecule has 0 saturated carbocycles. The summed E-state index contributed by atoms with van der Waals surface area (Å²) >= 11 is 6.03. The zero-order chi connectivity index (χ0) is 50.7. The summed E-state index contributed by atoms with van der Waals surface area (Å²) in [6.45, 7) is 6.28.